The number of ketones is 1. The Bertz CT molecular complexity index is 702. The summed E-state index contributed by atoms with van der Waals surface area (Å²) >= 11 is 0. The first kappa shape index (κ1) is 22.0. The van der Waals surface area contributed by atoms with Gasteiger partial charge in [-0.1, -0.05) is 41.6 Å². The summed E-state index contributed by atoms with van der Waals surface area (Å²) in [5.41, 5.74) is 2.14. The second-order valence-electron chi connectivity index (χ2n) is 4.91. The fourth-order valence-electron chi connectivity index (χ4n) is 1.99. The van der Waals surface area contributed by atoms with Gasteiger partial charge in [0.05, 0.1) is 5.76 Å². The molecule has 1 aromatic carbocycles. The molecule has 1 amide bonds. The van der Waals surface area contributed by atoms with Gasteiger partial charge in [-0.25, -0.2) is 0 Å². The fourth-order valence-corrected chi connectivity index (χ4v) is 1.99. The molecule has 0 unspecified atom stereocenters. The number of nitrogens with zero attached hydrogens (tertiary/aromatic N) is 1. The van der Waals surface area contributed by atoms with Gasteiger partial charge in [-0.05, 0) is 31.1 Å². The summed E-state index contributed by atoms with van der Waals surface area (Å²) in [5, 5.41) is 10.0. The Labute approximate surface area is 180 Å². The van der Waals surface area contributed by atoms with Crippen LogP contribution < -0.4 is 51.4 Å². The summed E-state index contributed by atoms with van der Waals surface area (Å²) in [6, 6.07) is 7.65. The number of aliphatic hydroxyl groups is 1. The van der Waals surface area contributed by atoms with E-state index in [1.807, 2.05) is 31.2 Å². The van der Waals surface area contributed by atoms with E-state index in [0.717, 1.165) is 11.1 Å². The molecule has 0 saturated heterocycles. The van der Waals surface area contributed by atoms with Crippen LogP contribution in [0.25, 0.3) is 6.08 Å². The summed E-state index contributed by atoms with van der Waals surface area (Å²) in [5.74, 6) is -1.47. The van der Waals surface area contributed by atoms with Gasteiger partial charge in [-0.2, -0.15) is 6.08 Å². The number of carbonyl (C=O) groups excluding carboxylic acids is 2. The minimum absolute atomic E-state index is 0. The van der Waals surface area contributed by atoms with Crippen molar-refractivity contribution in [2.75, 3.05) is 7.05 Å². The van der Waals surface area contributed by atoms with E-state index in [0.29, 0.717) is 5.70 Å². The van der Waals surface area contributed by atoms with Crippen molar-refractivity contribution in [3.63, 3.8) is 0 Å². The van der Waals surface area contributed by atoms with Crippen LogP contribution in [-0.2, 0) is 9.59 Å². The third-order valence-electron chi connectivity index (χ3n) is 3.28. The van der Waals surface area contributed by atoms with Gasteiger partial charge >= 0.3 is 51.4 Å². The molecule has 0 bridgehead atoms. The van der Waals surface area contributed by atoms with Crippen molar-refractivity contribution < 1.29 is 66.1 Å². The second-order valence-corrected chi connectivity index (χ2v) is 4.91. The van der Waals surface area contributed by atoms with E-state index in [2.05, 4.69) is 6.08 Å². The number of benzene rings is 1. The number of hydrogen-bond donors (Lipinski definition) is 1. The van der Waals surface area contributed by atoms with Crippen LogP contribution in [0, 0.1) is 20.4 Å². The van der Waals surface area contributed by atoms with E-state index >= 15 is 0 Å². The third-order valence-corrected chi connectivity index (χ3v) is 3.28. The molecule has 1 N–H and O–H groups in total. The van der Waals surface area contributed by atoms with Crippen molar-refractivity contribution in [2.45, 2.75) is 13.8 Å². The number of amides is 1. The van der Waals surface area contributed by atoms with Gasteiger partial charge in [0.25, 0.3) is 0 Å². The summed E-state index contributed by atoms with van der Waals surface area (Å²) in [6.07, 6.45) is 5.54. The van der Waals surface area contributed by atoms with Gasteiger partial charge < -0.3 is 22.2 Å². The van der Waals surface area contributed by atoms with Crippen LogP contribution in [0.5, 0.6) is 0 Å². The molecule has 1 aromatic rings. The van der Waals surface area contributed by atoms with Gasteiger partial charge in [0, 0.05) is 12.8 Å². The van der Waals surface area contributed by atoms with Crippen LogP contribution >= 0.6 is 0 Å². The SMILES string of the molecule is CC1=[C-]C(=O)C(=C(O)/C=C/c2cccc(C)c2)C(=O)N1C.[CH3-].[K+]. The Morgan fingerprint density at radius 2 is 1.91 bits per heavy atom. The first-order chi connectivity index (χ1) is 9.90. The van der Waals surface area contributed by atoms with Crippen LogP contribution in [0.4, 0.5) is 0 Å². The fraction of sp³-hybridized carbons (Fsp3) is 0.167. The number of hydrogen-bond acceptors (Lipinski definition) is 3. The Balaban J connectivity index is 0.00000242. The monoisotopic (exact) mass is 336 g/mol. The van der Waals surface area contributed by atoms with Gasteiger partial charge in [-0.15, -0.1) is 0 Å². The van der Waals surface area contributed by atoms with Crippen molar-refractivity contribution in [1.82, 2.24) is 4.90 Å². The minimum Gasteiger partial charge on any atom is -0.526 e. The average molecular weight is 336 g/mol. The smallest absolute Gasteiger partial charge is 0.526 e. The summed E-state index contributed by atoms with van der Waals surface area (Å²) in [6.45, 7) is 3.58. The molecule has 5 heteroatoms. The molecular weight excluding hydrogens is 317 g/mol. The summed E-state index contributed by atoms with van der Waals surface area (Å²) in [7, 11) is 1.54. The van der Waals surface area contributed by atoms with Crippen molar-refractivity contribution in [3.8, 4) is 0 Å². The van der Waals surface area contributed by atoms with Crippen LogP contribution in [0.15, 0.2) is 47.4 Å². The number of carbonyl (C=O) groups is 2. The molecule has 1 heterocycles. The normalized spacial score (nSPS) is 16.7. The maximum Gasteiger partial charge on any atom is 1.00 e. The minimum atomic E-state index is -0.595. The molecule has 0 atom stereocenters. The molecule has 2 rings (SSSR count). The van der Waals surface area contributed by atoms with Gasteiger partial charge in [0.1, 0.15) is 0 Å². The maximum atomic E-state index is 12.0. The molecule has 0 aliphatic carbocycles. The standard InChI is InChI=1S/C17H16NO3.CH3.K/c1-11-5-4-6-13(9-11)7-8-14(19)16-15(20)10-12(2)18(3)17(16)21;;/h4-9,19H,1-3H3;1H3;/q2*-1;+1/b8-7+,16-14?;;. The van der Waals surface area contributed by atoms with Crippen LogP contribution in [-0.4, -0.2) is 28.7 Å². The zero-order chi connectivity index (χ0) is 15.6. The largest absolute Gasteiger partial charge is 1.00 e. The van der Waals surface area contributed by atoms with Gasteiger partial charge in [-0.3, -0.25) is 4.79 Å². The summed E-state index contributed by atoms with van der Waals surface area (Å²) in [4.78, 5) is 25.2. The van der Waals surface area contributed by atoms with Gasteiger partial charge in [0.2, 0.25) is 0 Å². The number of Topliss-reactive ketones (excluding diaryl/α,β-unsaturated/α-hetero) is 1. The Kier molecular flexibility index (Phi) is 8.95. The molecule has 0 aromatic heterocycles. The first-order valence-electron chi connectivity index (χ1n) is 6.51. The van der Waals surface area contributed by atoms with Crippen LogP contribution in [0.1, 0.15) is 18.1 Å². The molecule has 116 valence electrons. The van der Waals surface area contributed by atoms with Gasteiger partial charge in [0.15, 0.2) is 5.91 Å². The van der Waals surface area contributed by atoms with E-state index in [-0.39, 0.29) is 70.1 Å². The van der Waals surface area contributed by atoms with Crippen molar-refractivity contribution in [2.24, 2.45) is 0 Å². The van der Waals surface area contributed by atoms with Crippen molar-refractivity contribution in [1.29, 1.82) is 0 Å². The molecule has 23 heavy (non-hydrogen) atoms. The number of aryl methyl sites for hydroxylation is 1. The molecule has 1 aliphatic rings. The zero-order valence-corrected chi connectivity index (χ0v) is 17.3. The van der Waals surface area contributed by atoms with Crippen LogP contribution in [0.3, 0.4) is 0 Å². The number of likely N-dealkylation sites (N-methyl/N-ethyl adjacent to an activating group) is 1. The van der Waals surface area contributed by atoms with E-state index < -0.39 is 11.7 Å². The predicted octanol–water partition coefficient (Wildman–Crippen LogP) is 0.0227. The molecule has 1 aliphatic heterocycles. The van der Waals surface area contributed by atoms with E-state index in [4.69, 9.17) is 0 Å². The average Bonchev–Trinajstić information content (AvgIpc) is 2.43. The topological polar surface area (TPSA) is 57.6 Å². The van der Waals surface area contributed by atoms with Crippen molar-refractivity contribution in [3.05, 3.63) is 72.0 Å². The Morgan fingerprint density at radius 1 is 1.26 bits per heavy atom. The molecule has 0 radical (unpaired) electrons. The number of allylic oxidation sites excluding steroid dienone is 3. The quantitative estimate of drug-likeness (QED) is 0.272. The second kappa shape index (κ2) is 9.35. The first-order valence-corrected chi connectivity index (χ1v) is 6.51. The predicted molar refractivity (Wildman–Crippen MR) is 86.5 cm³/mol. The number of rotatable bonds is 2. The zero-order valence-electron chi connectivity index (χ0n) is 14.2. The Morgan fingerprint density at radius 3 is 2.52 bits per heavy atom. The van der Waals surface area contributed by atoms with E-state index in [1.165, 1.54) is 18.0 Å². The molecular formula is C18H19KNO3-. The van der Waals surface area contributed by atoms with E-state index in [1.54, 1.807) is 13.0 Å². The molecule has 0 spiro atoms. The van der Waals surface area contributed by atoms with Crippen LogP contribution in [0.2, 0.25) is 0 Å². The molecule has 0 saturated carbocycles. The number of aliphatic hydroxyl groups excluding tert-OH is 1. The molecule has 0 fully saturated rings. The third kappa shape index (κ3) is 5.26. The van der Waals surface area contributed by atoms with Crippen molar-refractivity contribution >= 4 is 17.8 Å². The summed E-state index contributed by atoms with van der Waals surface area (Å²) < 4.78 is 0. The Hall–Kier alpha value is -0.984. The molecule has 4 nitrogen and oxygen atoms in total. The maximum absolute atomic E-state index is 12.0. The van der Waals surface area contributed by atoms with E-state index in [9.17, 15) is 14.7 Å².